The first-order valence-corrected chi connectivity index (χ1v) is 6.60. The maximum Gasteiger partial charge on any atom is 0.251 e. The van der Waals surface area contributed by atoms with Crippen LogP contribution in [0.1, 0.15) is 11.1 Å². The minimum atomic E-state index is -0.498. The standard InChI is InChI=1S/C13H10BrClFNO/c14-11-3-1-2-9(6-11)8-18-13-12(16)10(7-15)4-5-17-13/h1-6H,7-8H2. The highest BCUT2D eigenvalue weighted by Crippen LogP contribution is 2.20. The molecule has 0 unspecified atom stereocenters. The predicted molar refractivity (Wildman–Crippen MR) is 72.2 cm³/mol. The van der Waals surface area contributed by atoms with Gasteiger partial charge in [0.2, 0.25) is 0 Å². The van der Waals surface area contributed by atoms with Gasteiger partial charge in [0.05, 0.1) is 5.88 Å². The molecule has 1 aromatic heterocycles. The third-order valence-electron chi connectivity index (χ3n) is 2.35. The van der Waals surface area contributed by atoms with Crippen molar-refractivity contribution in [2.75, 3.05) is 0 Å². The second kappa shape index (κ2) is 6.16. The summed E-state index contributed by atoms with van der Waals surface area (Å²) < 4.78 is 20.1. The molecular formula is C13H10BrClFNO. The van der Waals surface area contributed by atoms with Gasteiger partial charge in [-0.05, 0) is 23.8 Å². The van der Waals surface area contributed by atoms with Crippen LogP contribution in [0.4, 0.5) is 4.39 Å². The molecule has 0 atom stereocenters. The fourth-order valence-electron chi connectivity index (χ4n) is 1.44. The Bertz CT molecular complexity index is 550. The van der Waals surface area contributed by atoms with E-state index in [0.717, 1.165) is 10.0 Å². The summed E-state index contributed by atoms with van der Waals surface area (Å²) in [6.45, 7) is 0.259. The first kappa shape index (κ1) is 13.3. The van der Waals surface area contributed by atoms with E-state index in [4.69, 9.17) is 16.3 Å². The maximum atomic E-state index is 13.8. The second-order valence-electron chi connectivity index (χ2n) is 3.64. The van der Waals surface area contributed by atoms with Crippen LogP contribution in [0.2, 0.25) is 0 Å². The van der Waals surface area contributed by atoms with Gasteiger partial charge < -0.3 is 4.74 Å². The molecule has 1 heterocycles. The van der Waals surface area contributed by atoms with Gasteiger partial charge in [0.1, 0.15) is 6.61 Å². The number of pyridine rings is 1. The molecule has 0 fully saturated rings. The van der Waals surface area contributed by atoms with Crippen molar-refractivity contribution in [3.8, 4) is 5.88 Å². The number of hydrogen-bond acceptors (Lipinski definition) is 2. The van der Waals surface area contributed by atoms with E-state index in [0.29, 0.717) is 5.56 Å². The van der Waals surface area contributed by atoms with Crippen molar-refractivity contribution in [3.05, 3.63) is 57.9 Å². The molecule has 0 aliphatic rings. The van der Waals surface area contributed by atoms with Crippen molar-refractivity contribution >= 4 is 27.5 Å². The van der Waals surface area contributed by atoms with Crippen LogP contribution in [0.3, 0.4) is 0 Å². The molecule has 2 aromatic rings. The van der Waals surface area contributed by atoms with Crippen molar-refractivity contribution in [3.63, 3.8) is 0 Å². The molecule has 0 spiro atoms. The first-order chi connectivity index (χ1) is 8.70. The summed E-state index contributed by atoms with van der Waals surface area (Å²) in [5, 5.41) is 0. The molecule has 0 aliphatic carbocycles. The predicted octanol–water partition coefficient (Wildman–Crippen LogP) is 4.30. The number of rotatable bonds is 4. The summed E-state index contributed by atoms with van der Waals surface area (Å²) in [5.74, 6) is -0.419. The molecular weight excluding hydrogens is 321 g/mol. The van der Waals surface area contributed by atoms with E-state index in [1.165, 1.54) is 12.3 Å². The zero-order valence-corrected chi connectivity index (χ0v) is 11.7. The Morgan fingerprint density at radius 3 is 2.89 bits per heavy atom. The van der Waals surface area contributed by atoms with Gasteiger partial charge in [0.25, 0.3) is 5.88 Å². The lowest BCUT2D eigenvalue weighted by Crippen LogP contribution is -2.01. The lowest BCUT2D eigenvalue weighted by atomic mass is 10.2. The summed E-state index contributed by atoms with van der Waals surface area (Å²) in [7, 11) is 0. The van der Waals surface area contributed by atoms with Gasteiger partial charge in [-0.15, -0.1) is 11.6 Å². The van der Waals surface area contributed by atoms with Crippen molar-refractivity contribution in [2.24, 2.45) is 0 Å². The zero-order chi connectivity index (χ0) is 13.0. The molecule has 94 valence electrons. The van der Waals surface area contributed by atoms with E-state index < -0.39 is 5.82 Å². The van der Waals surface area contributed by atoms with Crippen molar-refractivity contribution < 1.29 is 9.13 Å². The van der Waals surface area contributed by atoms with Crippen molar-refractivity contribution in [1.82, 2.24) is 4.98 Å². The van der Waals surface area contributed by atoms with Crippen LogP contribution in [-0.4, -0.2) is 4.98 Å². The molecule has 0 bridgehead atoms. The molecule has 0 amide bonds. The SMILES string of the molecule is Fc1c(CCl)ccnc1OCc1cccc(Br)c1. The van der Waals surface area contributed by atoms with Gasteiger partial charge >= 0.3 is 0 Å². The van der Waals surface area contributed by atoms with E-state index in [1.807, 2.05) is 24.3 Å². The monoisotopic (exact) mass is 329 g/mol. The molecule has 0 aliphatic heterocycles. The number of nitrogens with zero attached hydrogens (tertiary/aromatic N) is 1. The molecule has 1 aromatic carbocycles. The van der Waals surface area contributed by atoms with E-state index in [-0.39, 0.29) is 18.4 Å². The number of hydrogen-bond donors (Lipinski definition) is 0. The van der Waals surface area contributed by atoms with Crippen LogP contribution in [0.25, 0.3) is 0 Å². The van der Waals surface area contributed by atoms with Gasteiger partial charge in [-0.1, -0.05) is 28.1 Å². The van der Waals surface area contributed by atoms with Crippen LogP contribution >= 0.6 is 27.5 Å². The summed E-state index contributed by atoms with van der Waals surface area (Å²) in [6, 6.07) is 9.14. The summed E-state index contributed by atoms with van der Waals surface area (Å²) in [5.41, 5.74) is 1.32. The fraction of sp³-hybridized carbons (Fsp3) is 0.154. The van der Waals surface area contributed by atoms with E-state index >= 15 is 0 Å². The lowest BCUT2D eigenvalue weighted by Gasteiger charge is -2.08. The maximum absolute atomic E-state index is 13.8. The van der Waals surface area contributed by atoms with Crippen LogP contribution in [-0.2, 0) is 12.5 Å². The van der Waals surface area contributed by atoms with Gasteiger partial charge in [0, 0.05) is 16.2 Å². The summed E-state index contributed by atoms with van der Waals surface area (Å²) >= 11 is 8.98. The van der Waals surface area contributed by atoms with Crippen LogP contribution in [0.15, 0.2) is 41.0 Å². The molecule has 0 saturated carbocycles. The first-order valence-electron chi connectivity index (χ1n) is 5.27. The molecule has 5 heteroatoms. The number of ether oxygens (including phenoxy) is 1. The second-order valence-corrected chi connectivity index (χ2v) is 4.82. The Kier molecular flexibility index (Phi) is 4.55. The Balaban J connectivity index is 2.11. The summed E-state index contributed by atoms with van der Waals surface area (Å²) in [6.07, 6.45) is 1.48. The van der Waals surface area contributed by atoms with Crippen LogP contribution < -0.4 is 4.74 Å². The third-order valence-corrected chi connectivity index (χ3v) is 3.13. The Morgan fingerprint density at radius 2 is 2.17 bits per heavy atom. The van der Waals surface area contributed by atoms with Crippen LogP contribution in [0.5, 0.6) is 5.88 Å². The van der Waals surface area contributed by atoms with E-state index in [2.05, 4.69) is 20.9 Å². The fourth-order valence-corrected chi connectivity index (χ4v) is 2.10. The summed E-state index contributed by atoms with van der Waals surface area (Å²) in [4.78, 5) is 3.86. The highest BCUT2D eigenvalue weighted by Gasteiger charge is 2.10. The van der Waals surface area contributed by atoms with Gasteiger partial charge in [-0.2, -0.15) is 0 Å². The minimum Gasteiger partial charge on any atom is -0.471 e. The Hall–Kier alpha value is -1.13. The lowest BCUT2D eigenvalue weighted by molar-refractivity contribution is 0.276. The molecule has 2 nitrogen and oxygen atoms in total. The number of aromatic nitrogens is 1. The minimum absolute atomic E-state index is 0.0203. The average molecular weight is 331 g/mol. The smallest absolute Gasteiger partial charge is 0.251 e. The number of alkyl halides is 1. The Labute approximate surface area is 118 Å². The molecule has 2 rings (SSSR count). The number of benzene rings is 1. The topological polar surface area (TPSA) is 22.1 Å². The quantitative estimate of drug-likeness (QED) is 0.780. The van der Waals surface area contributed by atoms with Gasteiger partial charge in [-0.25, -0.2) is 9.37 Å². The van der Waals surface area contributed by atoms with Crippen molar-refractivity contribution in [2.45, 2.75) is 12.5 Å². The van der Waals surface area contributed by atoms with Gasteiger partial charge in [0.15, 0.2) is 5.82 Å². The Morgan fingerprint density at radius 1 is 1.33 bits per heavy atom. The van der Waals surface area contributed by atoms with Crippen LogP contribution in [0, 0.1) is 5.82 Å². The average Bonchev–Trinajstić information content (AvgIpc) is 2.38. The molecule has 0 radical (unpaired) electrons. The highest BCUT2D eigenvalue weighted by molar-refractivity contribution is 9.10. The largest absolute Gasteiger partial charge is 0.471 e. The molecule has 0 saturated heterocycles. The molecule has 0 N–H and O–H groups in total. The highest BCUT2D eigenvalue weighted by atomic mass is 79.9. The van der Waals surface area contributed by atoms with E-state index in [9.17, 15) is 4.39 Å². The van der Waals surface area contributed by atoms with Crippen molar-refractivity contribution in [1.29, 1.82) is 0 Å². The third kappa shape index (κ3) is 3.21. The normalized spacial score (nSPS) is 10.4. The van der Waals surface area contributed by atoms with Gasteiger partial charge in [-0.3, -0.25) is 0 Å². The van der Waals surface area contributed by atoms with E-state index in [1.54, 1.807) is 0 Å². The zero-order valence-electron chi connectivity index (χ0n) is 9.37. The molecule has 18 heavy (non-hydrogen) atoms. The number of halogens is 3.